The number of imide groups is 1. The van der Waals surface area contributed by atoms with Crippen molar-refractivity contribution in [3.05, 3.63) is 41.6 Å². The van der Waals surface area contributed by atoms with E-state index in [1.54, 1.807) is 24.3 Å². The van der Waals surface area contributed by atoms with Gasteiger partial charge in [-0.25, -0.2) is 4.90 Å². The molecule has 0 spiro atoms. The molecule has 114 valence electrons. The van der Waals surface area contributed by atoms with Gasteiger partial charge in [-0.05, 0) is 23.7 Å². The van der Waals surface area contributed by atoms with Crippen LogP contribution in [0.5, 0.6) is 0 Å². The van der Waals surface area contributed by atoms with E-state index in [9.17, 15) is 14.4 Å². The average Bonchev–Trinajstić information content (AvgIpc) is 2.71. The molecule has 0 N–H and O–H groups in total. The molecule has 2 amide bonds. The van der Waals surface area contributed by atoms with Gasteiger partial charge in [-0.2, -0.15) is 0 Å². The number of hydrogen-bond acceptors (Lipinski definition) is 3. The van der Waals surface area contributed by atoms with E-state index in [0.29, 0.717) is 12.1 Å². The van der Waals surface area contributed by atoms with Crippen LogP contribution in [0.25, 0.3) is 0 Å². The quantitative estimate of drug-likeness (QED) is 0.479. The predicted octanol–water partition coefficient (Wildman–Crippen LogP) is 2.57. The first-order valence-corrected chi connectivity index (χ1v) is 11.0. The van der Waals surface area contributed by atoms with E-state index in [2.05, 4.69) is 19.6 Å². The lowest BCUT2D eigenvalue weighted by molar-refractivity contribution is -0.130. The number of anilines is 1. The molecule has 0 aromatic heterocycles. The zero-order valence-electron chi connectivity index (χ0n) is 13.0. The van der Waals surface area contributed by atoms with Crippen molar-refractivity contribution in [1.29, 1.82) is 0 Å². The molecule has 1 heterocycles. The molecule has 2 atom stereocenters. The van der Waals surface area contributed by atoms with Gasteiger partial charge in [0.1, 0.15) is 5.92 Å². The van der Waals surface area contributed by atoms with E-state index in [-0.39, 0.29) is 17.6 Å². The highest BCUT2D eigenvalue weighted by atomic mass is 28.3. The number of fused-ring (bicyclic) bond motifs is 1. The van der Waals surface area contributed by atoms with Gasteiger partial charge in [0.2, 0.25) is 11.8 Å². The third kappa shape index (κ3) is 2.16. The highest BCUT2D eigenvalue weighted by Gasteiger charge is 2.54. The predicted molar refractivity (Wildman–Crippen MR) is 87.0 cm³/mol. The Balaban J connectivity index is 1.99. The van der Waals surface area contributed by atoms with Crippen LogP contribution in [0.1, 0.15) is 6.42 Å². The van der Waals surface area contributed by atoms with Crippen LogP contribution in [-0.4, -0.2) is 25.7 Å². The molecule has 2 aliphatic rings. The third-order valence-corrected chi connectivity index (χ3v) is 6.44. The number of para-hydroxylation sites is 1. The molecule has 1 aromatic rings. The fraction of sp³-hybridized carbons (Fsp3) is 0.353. The normalized spacial score (nSPS) is 25.3. The number of rotatable bonds is 2. The second-order valence-corrected chi connectivity index (χ2v) is 11.9. The highest BCUT2D eigenvalue weighted by Crippen LogP contribution is 2.39. The lowest BCUT2D eigenvalue weighted by Crippen LogP contribution is -2.40. The molecule has 0 radical (unpaired) electrons. The number of hydrogen-bond donors (Lipinski definition) is 0. The van der Waals surface area contributed by atoms with E-state index in [1.807, 2.05) is 12.1 Å². The van der Waals surface area contributed by atoms with Gasteiger partial charge in [0, 0.05) is 0 Å². The molecule has 0 bridgehead atoms. The van der Waals surface area contributed by atoms with Crippen LogP contribution in [0.15, 0.2) is 41.6 Å². The Morgan fingerprint density at radius 1 is 1.00 bits per heavy atom. The largest absolute Gasteiger partial charge is 0.294 e. The maximum atomic E-state index is 12.8. The summed E-state index contributed by atoms with van der Waals surface area (Å²) in [5, 5.41) is 0.796. The summed E-state index contributed by atoms with van der Waals surface area (Å²) >= 11 is 0. The minimum Gasteiger partial charge on any atom is -0.294 e. The topological polar surface area (TPSA) is 54.5 Å². The Hall–Kier alpha value is -2.01. The number of allylic oxidation sites excluding steroid dienone is 2. The fourth-order valence-electron chi connectivity index (χ4n) is 3.28. The third-order valence-electron chi connectivity index (χ3n) is 4.37. The standard InChI is InChI=1S/C17H19NO3Si/c1-22(2,3)13-10-9-12-14(15(13)19)17(21)18(16(12)20)11-7-5-4-6-8-11/h4-8,10,12,14H,9H2,1-3H3/t12-,14-/m1/s1. The van der Waals surface area contributed by atoms with Crippen molar-refractivity contribution in [2.45, 2.75) is 26.1 Å². The average molecular weight is 313 g/mol. The monoisotopic (exact) mass is 313 g/mol. The van der Waals surface area contributed by atoms with E-state index < -0.39 is 19.9 Å². The minimum absolute atomic E-state index is 0.132. The Kier molecular flexibility index (Phi) is 3.40. The van der Waals surface area contributed by atoms with Crippen molar-refractivity contribution >= 4 is 31.4 Å². The number of ketones is 1. The molecule has 0 saturated carbocycles. The van der Waals surface area contributed by atoms with Crippen LogP contribution in [0.4, 0.5) is 5.69 Å². The Morgan fingerprint density at radius 3 is 2.23 bits per heavy atom. The second kappa shape index (κ2) is 5.02. The van der Waals surface area contributed by atoms with Crippen LogP contribution in [0.3, 0.4) is 0 Å². The van der Waals surface area contributed by atoms with Crippen LogP contribution in [0.2, 0.25) is 19.6 Å². The molecule has 3 rings (SSSR count). The van der Waals surface area contributed by atoms with E-state index in [4.69, 9.17) is 0 Å². The number of Topliss-reactive ketones (excluding diaryl/α,β-unsaturated/α-hetero) is 1. The molecular weight excluding hydrogens is 294 g/mol. The second-order valence-electron chi connectivity index (χ2n) is 6.90. The van der Waals surface area contributed by atoms with Crippen LogP contribution < -0.4 is 4.90 Å². The van der Waals surface area contributed by atoms with Gasteiger partial charge in [-0.3, -0.25) is 14.4 Å². The smallest absolute Gasteiger partial charge is 0.245 e. The molecule has 1 aromatic carbocycles. The van der Waals surface area contributed by atoms with Crippen molar-refractivity contribution in [3.63, 3.8) is 0 Å². The molecule has 1 saturated heterocycles. The lowest BCUT2D eigenvalue weighted by Gasteiger charge is -2.27. The van der Waals surface area contributed by atoms with Crippen LogP contribution in [0, 0.1) is 11.8 Å². The van der Waals surface area contributed by atoms with Crippen molar-refractivity contribution in [2.75, 3.05) is 4.90 Å². The van der Waals surface area contributed by atoms with Crippen LogP contribution >= 0.6 is 0 Å². The maximum absolute atomic E-state index is 12.8. The summed E-state index contributed by atoms with van der Waals surface area (Å²) in [5.74, 6) is -2.09. The Labute approximate surface area is 130 Å². The van der Waals surface area contributed by atoms with Gasteiger partial charge in [0.25, 0.3) is 0 Å². The number of carbonyl (C=O) groups excluding carboxylic acids is 3. The van der Waals surface area contributed by atoms with Crippen molar-refractivity contribution in [1.82, 2.24) is 0 Å². The van der Waals surface area contributed by atoms with Crippen molar-refractivity contribution in [2.24, 2.45) is 11.8 Å². The van der Waals surface area contributed by atoms with Gasteiger partial charge in [-0.1, -0.05) is 43.9 Å². The van der Waals surface area contributed by atoms with Gasteiger partial charge in [0.05, 0.1) is 19.7 Å². The molecule has 1 fully saturated rings. The lowest BCUT2D eigenvalue weighted by atomic mass is 9.84. The zero-order chi connectivity index (χ0) is 16.1. The number of nitrogens with zero attached hydrogens (tertiary/aromatic N) is 1. The molecule has 1 aliphatic heterocycles. The number of benzene rings is 1. The highest BCUT2D eigenvalue weighted by molar-refractivity contribution is 6.87. The van der Waals surface area contributed by atoms with E-state index in [0.717, 1.165) is 5.20 Å². The first-order chi connectivity index (χ1) is 10.3. The number of amides is 2. The molecular formula is C17H19NO3Si. The van der Waals surface area contributed by atoms with E-state index in [1.165, 1.54) is 4.90 Å². The summed E-state index contributed by atoms with van der Waals surface area (Å²) in [6.07, 6.45) is 2.39. The molecule has 0 unspecified atom stereocenters. The van der Waals surface area contributed by atoms with Gasteiger partial charge in [0.15, 0.2) is 5.78 Å². The summed E-state index contributed by atoms with van der Waals surface area (Å²) in [6.45, 7) is 6.27. The van der Waals surface area contributed by atoms with Gasteiger partial charge < -0.3 is 0 Å². The molecule has 1 aliphatic carbocycles. The first kappa shape index (κ1) is 14.9. The molecule has 22 heavy (non-hydrogen) atoms. The zero-order valence-corrected chi connectivity index (χ0v) is 14.0. The van der Waals surface area contributed by atoms with E-state index >= 15 is 0 Å². The van der Waals surface area contributed by atoms with Gasteiger partial charge >= 0.3 is 0 Å². The van der Waals surface area contributed by atoms with Gasteiger partial charge in [-0.15, -0.1) is 0 Å². The summed E-state index contributed by atoms with van der Waals surface area (Å²) in [5.41, 5.74) is 0.550. The molecule has 4 nitrogen and oxygen atoms in total. The van der Waals surface area contributed by atoms with Crippen molar-refractivity contribution in [3.8, 4) is 0 Å². The minimum atomic E-state index is -1.80. The number of carbonyl (C=O) groups is 3. The first-order valence-electron chi connectivity index (χ1n) is 7.50. The molecule has 5 heteroatoms. The van der Waals surface area contributed by atoms with Crippen molar-refractivity contribution < 1.29 is 14.4 Å². The summed E-state index contributed by atoms with van der Waals surface area (Å²) < 4.78 is 0. The van der Waals surface area contributed by atoms with Crippen LogP contribution in [-0.2, 0) is 14.4 Å². The summed E-state index contributed by atoms with van der Waals surface area (Å²) in [6, 6.07) is 8.85. The Morgan fingerprint density at radius 2 is 1.64 bits per heavy atom. The maximum Gasteiger partial charge on any atom is 0.245 e. The SMILES string of the molecule is C[Si](C)(C)C1=CC[C@H]2C(=O)N(c3ccccc3)C(=O)[C@H]2C1=O. The summed E-state index contributed by atoms with van der Waals surface area (Å²) in [7, 11) is -1.80. The fourth-order valence-corrected chi connectivity index (χ4v) is 4.91. The Bertz CT molecular complexity index is 688. The summed E-state index contributed by atoms with van der Waals surface area (Å²) in [4.78, 5) is 39.2.